The van der Waals surface area contributed by atoms with E-state index >= 15 is 0 Å². The van der Waals surface area contributed by atoms with Gasteiger partial charge < -0.3 is 15.5 Å². The number of fused-ring (bicyclic) bond motifs is 1. The fourth-order valence-electron chi connectivity index (χ4n) is 5.22. The number of carbonyl (C=O) groups is 1. The SMILES string of the molecule is CN(C[C@H](O)CNC(C)(C)CC1Cc2ccccc2C1)Sc1cncc(-c2cccc(CC(=O)O)c2)c1. The van der Waals surface area contributed by atoms with E-state index < -0.39 is 12.1 Å². The Labute approximate surface area is 224 Å². The van der Waals surface area contributed by atoms with Crippen molar-refractivity contribution in [1.29, 1.82) is 0 Å². The predicted molar refractivity (Wildman–Crippen MR) is 150 cm³/mol. The van der Waals surface area contributed by atoms with Crippen molar-refractivity contribution in [3.8, 4) is 11.1 Å². The van der Waals surface area contributed by atoms with Crippen molar-refractivity contribution in [3.63, 3.8) is 0 Å². The van der Waals surface area contributed by atoms with Gasteiger partial charge in [0.05, 0.1) is 12.5 Å². The van der Waals surface area contributed by atoms with E-state index in [0.29, 0.717) is 19.0 Å². The number of aromatic nitrogens is 1. The topological polar surface area (TPSA) is 85.7 Å². The van der Waals surface area contributed by atoms with Gasteiger partial charge in [-0.15, -0.1) is 0 Å². The van der Waals surface area contributed by atoms with Crippen LogP contribution in [0.1, 0.15) is 37.0 Å². The molecular formula is C30H37N3O3S. The summed E-state index contributed by atoms with van der Waals surface area (Å²) in [5, 5.41) is 23.4. The standard InChI is InChI=1S/C30H37N3O3S/c1-30(2,16-22-12-23-8-4-5-9-24(23)13-22)32-18-27(34)20-33(3)37-28-15-26(17-31-19-28)25-10-6-7-21(11-25)14-29(35)36/h4-11,15,17,19,22,27,32,34H,12-14,16,18,20H2,1-3H3,(H,35,36)/t27-/m1/s1. The molecule has 0 radical (unpaired) electrons. The number of nitrogens with zero attached hydrogens (tertiary/aromatic N) is 2. The van der Waals surface area contributed by atoms with Crippen molar-refractivity contribution >= 4 is 17.9 Å². The average molecular weight is 520 g/mol. The van der Waals surface area contributed by atoms with Crippen LogP contribution in [0.25, 0.3) is 11.1 Å². The molecule has 1 atom stereocenters. The molecule has 1 aliphatic carbocycles. The average Bonchev–Trinajstić information content (AvgIpc) is 3.24. The predicted octanol–water partition coefficient (Wildman–Crippen LogP) is 4.85. The highest BCUT2D eigenvalue weighted by Crippen LogP contribution is 2.32. The molecule has 2 aromatic carbocycles. The van der Waals surface area contributed by atoms with Crippen molar-refractivity contribution in [2.24, 2.45) is 5.92 Å². The summed E-state index contributed by atoms with van der Waals surface area (Å²) in [6, 6.07) is 18.3. The van der Waals surface area contributed by atoms with E-state index in [9.17, 15) is 9.90 Å². The van der Waals surface area contributed by atoms with Crippen LogP contribution in [0, 0.1) is 5.92 Å². The number of carboxylic acid groups (broad SMARTS) is 1. The normalized spacial score (nSPS) is 14.6. The summed E-state index contributed by atoms with van der Waals surface area (Å²) < 4.78 is 2.02. The molecule has 1 aromatic heterocycles. The Morgan fingerprint density at radius 3 is 2.54 bits per heavy atom. The van der Waals surface area contributed by atoms with E-state index in [1.54, 1.807) is 12.4 Å². The van der Waals surface area contributed by atoms with Gasteiger partial charge in [0.2, 0.25) is 0 Å². The molecule has 3 N–H and O–H groups in total. The summed E-state index contributed by atoms with van der Waals surface area (Å²) >= 11 is 1.54. The number of likely N-dealkylation sites (N-methyl/N-ethyl adjacent to an activating group) is 1. The van der Waals surface area contributed by atoms with Crippen LogP contribution in [0.2, 0.25) is 0 Å². The van der Waals surface area contributed by atoms with Gasteiger partial charge in [0, 0.05) is 41.5 Å². The maximum absolute atomic E-state index is 11.1. The van der Waals surface area contributed by atoms with Gasteiger partial charge in [0.1, 0.15) is 0 Å². The quantitative estimate of drug-likeness (QED) is 0.295. The smallest absolute Gasteiger partial charge is 0.307 e. The van der Waals surface area contributed by atoms with Crippen molar-refractivity contribution in [3.05, 3.63) is 83.7 Å². The summed E-state index contributed by atoms with van der Waals surface area (Å²) in [6.45, 7) is 5.50. The monoisotopic (exact) mass is 519 g/mol. The van der Waals surface area contributed by atoms with Gasteiger partial charge in [0.25, 0.3) is 0 Å². The summed E-state index contributed by atoms with van der Waals surface area (Å²) in [5.74, 6) is -0.207. The summed E-state index contributed by atoms with van der Waals surface area (Å²) in [5.41, 5.74) is 5.54. The highest BCUT2D eigenvalue weighted by Gasteiger charge is 2.28. The second-order valence-electron chi connectivity index (χ2n) is 10.7. The summed E-state index contributed by atoms with van der Waals surface area (Å²) in [6.07, 6.45) is 6.44. The Morgan fingerprint density at radius 2 is 1.84 bits per heavy atom. The zero-order valence-corrected chi connectivity index (χ0v) is 22.7. The minimum Gasteiger partial charge on any atom is -0.481 e. The molecular weight excluding hydrogens is 482 g/mol. The molecule has 1 aliphatic rings. The Balaban J connectivity index is 1.25. The maximum Gasteiger partial charge on any atom is 0.307 e. The van der Waals surface area contributed by atoms with Crippen LogP contribution in [-0.4, -0.2) is 57.3 Å². The van der Waals surface area contributed by atoms with Gasteiger partial charge in [-0.3, -0.25) is 9.78 Å². The third-order valence-electron chi connectivity index (χ3n) is 6.81. The van der Waals surface area contributed by atoms with Crippen LogP contribution in [0.5, 0.6) is 0 Å². The lowest BCUT2D eigenvalue weighted by Gasteiger charge is -2.31. The Kier molecular flexibility index (Phi) is 9.03. The number of rotatable bonds is 12. The number of carboxylic acids is 1. The molecule has 7 heteroatoms. The molecule has 0 saturated carbocycles. The molecule has 0 amide bonds. The lowest BCUT2D eigenvalue weighted by molar-refractivity contribution is -0.136. The van der Waals surface area contributed by atoms with E-state index in [-0.39, 0.29) is 12.0 Å². The van der Waals surface area contributed by atoms with Crippen LogP contribution in [0.4, 0.5) is 0 Å². The molecule has 1 heterocycles. The molecule has 37 heavy (non-hydrogen) atoms. The van der Waals surface area contributed by atoms with Crippen LogP contribution in [0.3, 0.4) is 0 Å². The number of benzene rings is 2. The van der Waals surface area contributed by atoms with Gasteiger partial charge >= 0.3 is 5.97 Å². The van der Waals surface area contributed by atoms with Crippen LogP contribution in [0.15, 0.2) is 71.9 Å². The number of aliphatic hydroxyl groups is 1. The van der Waals surface area contributed by atoms with E-state index in [1.165, 1.54) is 23.1 Å². The van der Waals surface area contributed by atoms with Crippen molar-refractivity contribution < 1.29 is 15.0 Å². The zero-order chi connectivity index (χ0) is 26.4. The Morgan fingerprint density at radius 1 is 1.11 bits per heavy atom. The lowest BCUT2D eigenvalue weighted by atomic mass is 9.88. The molecule has 4 rings (SSSR count). The zero-order valence-electron chi connectivity index (χ0n) is 21.9. The Bertz CT molecular complexity index is 1190. The lowest BCUT2D eigenvalue weighted by Crippen LogP contribution is -2.46. The highest BCUT2D eigenvalue weighted by atomic mass is 32.2. The van der Waals surface area contributed by atoms with E-state index in [4.69, 9.17) is 5.11 Å². The van der Waals surface area contributed by atoms with Crippen molar-refractivity contribution in [1.82, 2.24) is 14.6 Å². The first-order chi connectivity index (χ1) is 17.7. The fourth-order valence-corrected chi connectivity index (χ4v) is 6.12. The number of aliphatic carboxylic acids is 1. The molecule has 6 nitrogen and oxygen atoms in total. The summed E-state index contributed by atoms with van der Waals surface area (Å²) in [4.78, 5) is 16.4. The highest BCUT2D eigenvalue weighted by molar-refractivity contribution is 7.97. The van der Waals surface area contributed by atoms with Crippen LogP contribution in [-0.2, 0) is 24.1 Å². The van der Waals surface area contributed by atoms with Crippen LogP contribution < -0.4 is 5.32 Å². The van der Waals surface area contributed by atoms with Gasteiger partial charge in [-0.25, -0.2) is 4.31 Å². The largest absolute Gasteiger partial charge is 0.481 e. The first-order valence-corrected chi connectivity index (χ1v) is 13.6. The number of nitrogens with one attached hydrogen (secondary N) is 1. The van der Waals surface area contributed by atoms with Crippen molar-refractivity contribution in [2.75, 3.05) is 20.1 Å². The minimum absolute atomic E-state index is 0.00448. The molecule has 0 unspecified atom stereocenters. The Hall–Kier alpha value is -2.71. The molecule has 0 spiro atoms. The first-order valence-electron chi connectivity index (χ1n) is 12.8. The second-order valence-corrected chi connectivity index (χ2v) is 12.0. The van der Waals surface area contributed by atoms with E-state index in [0.717, 1.165) is 40.8 Å². The van der Waals surface area contributed by atoms with Gasteiger partial charge in [-0.05, 0) is 86.3 Å². The number of aliphatic hydroxyl groups excluding tert-OH is 1. The molecule has 196 valence electrons. The number of pyridine rings is 1. The van der Waals surface area contributed by atoms with Gasteiger partial charge in [-0.1, -0.05) is 48.5 Å². The van der Waals surface area contributed by atoms with Crippen LogP contribution >= 0.6 is 11.9 Å². The fraction of sp³-hybridized carbons (Fsp3) is 0.400. The molecule has 0 bridgehead atoms. The first kappa shape index (κ1) is 27.3. The number of β-amino-alcohol motifs (C(OH)–C–C–N with tert-alkyl or cyclic N) is 1. The molecule has 0 fully saturated rings. The molecule has 0 aliphatic heterocycles. The maximum atomic E-state index is 11.1. The molecule has 0 saturated heterocycles. The number of hydrogen-bond acceptors (Lipinski definition) is 6. The third kappa shape index (κ3) is 8.14. The van der Waals surface area contributed by atoms with E-state index in [2.05, 4.69) is 48.4 Å². The van der Waals surface area contributed by atoms with Crippen molar-refractivity contribution in [2.45, 2.75) is 56.1 Å². The second kappa shape index (κ2) is 12.2. The van der Waals surface area contributed by atoms with E-state index in [1.807, 2.05) is 41.7 Å². The number of hydrogen-bond donors (Lipinski definition) is 3. The third-order valence-corrected chi connectivity index (χ3v) is 7.70. The van der Waals surface area contributed by atoms with Gasteiger partial charge in [0.15, 0.2) is 0 Å². The van der Waals surface area contributed by atoms with Gasteiger partial charge in [-0.2, -0.15) is 0 Å². The summed E-state index contributed by atoms with van der Waals surface area (Å²) in [7, 11) is 1.97. The minimum atomic E-state index is -0.846. The molecule has 3 aromatic rings.